The molecule has 0 radical (unpaired) electrons. The first-order chi connectivity index (χ1) is 12.1. The predicted octanol–water partition coefficient (Wildman–Crippen LogP) is 1.55. The molecule has 1 fully saturated rings. The summed E-state index contributed by atoms with van der Waals surface area (Å²) >= 11 is 0. The molecular formula is C19H24N4O2. The number of benzene rings is 1. The van der Waals surface area contributed by atoms with Gasteiger partial charge in [0.25, 0.3) is 11.5 Å². The molecule has 0 bridgehead atoms. The van der Waals surface area contributed by atoms with Gasteiger partial charge in [0.05, 0.1) is 6.20 Å². The second-order valence-corrected chi connectivity index (χ2v) is 6.56. The number of carbonyl (C=O) groups is 1. The number of likely N-dealkylation sites (tertiary alicyclic amines) is 1. The van der Waals surface area contributed by atoms with E-state index in [1.165, 1.54) is 11.8 Å². The van der Waals surface area contributed by atoms with Crippen LogP contribution in [0.2, 0.25) is 0 Å². The lowest BCUT2D eigenvalue weighted by Gasteiger charge is -2.37. The van der Waals surface area contributed by atoms with Gasteiger partial charge in [-0.3, -0.25) is 9.59 Å². The van der Waals surface area contributed by atoms with Crippen LogP contribution in [0.1, 0.15) is 28.9 Å². The zero-order valence-electron chi connectivity index (χ0n) is 14.5. The molecular weight excluding hydrogens is 316 g/mol. The number of nitrogens with zero attached hydrogens (tertiary/aromatic N) is 3. The van der Waals surface area contributed by atoms with Crippen molar-refractivity contribution >= 4 is 5.91 Å². The van der Waals surface area contributed by atoms with E-state index >= 15 is 0 Å². The van der Waals surface area contributed by atoms with Gasteiger partial charge < -0.3 is 14.8 Å². The van der Waals surface area contributed by atoms with Gasteiger partial charge in [-0.2, -0.15) is 0 Å². The Hall–Kier alpha value is -2.47. The number of nitrogens with one attached hydrogen (secondary N) is 1. The number of H-pyrrole nitrogens is 1. The smallest absolute Gasteiger partial charge is 0.274 e. The molecule has 1 aliphatic rings. The fraction of sp³-hybridized carbons (Fsp3) is 0.421. The standard InChI is InChI=1S/C19H24N4O2/c1-22(11-9-15-6-3-2-4-7-15)16-8-5-10-23(14-16)19(25)17-12-21-18(24)13-20-17/h2-4,6-7,12-13,16H,5,8-11,14H2,1H3,(H,21,24). The van der Waals surface area contributed by atoms with E-state index in [-0.39, 0.29) is 11.5 Å². The normalized spacial score (nSPS) is 17.7. The number of aromatic amines is 1. The summed E-state index contributed by atoms with van der Waals surface area (Å²) in [7, 11) is 2.12. The van der Waals surface area contributed by atoms with Gasteiger partial charge in [0.15, 0.2) is 0 Å². The Kier molecular flexibility index (Phi) is 5.60. The van der Waals surface area contributed by atoms with Gasteiger partial charge in [0.2, 0.25) is 0 Å². The third kappa shape index (κ3) is 4.54. The maximum Gasteiger partial charge on any atom is 0.274 e. The van der Waals surface area contributed by atoms with Crippen molar-refractivity contribution in [3.63, 3.8) is 0 Å². The largest absolute Gasteiger partial charge is 0.336 e. The molecule has 25 heavy (non-hydrogen) atoms. The van der Waals surface area contributed by atoms with Gasteiger partial charge in [-0.15, -0.1) is 0 Å². The lowest BCUT2D eigenvalue weighted by Crippen LogP contribution is -2.49. The second-order valence-electron chi connectivity index (χ2n) is 6.56. The van der Waals surface area contributed by atoms with Crippen LogP contribution in [0.5, 0.6) is 0 Å². The van der Waals surface area contributed by atoms with Gasteiger partial charge in [-0.05, 0) is 31.9 Å². The molecule has 1 N–H and O–H groups in total. The molecule has 2 aromatic rings. The molecule has 132 valence electrons. The Morgan fingerprint density at radius 1 is 1.36 bits per heavy atom. The van der Waals surface area contributed by atoms with Gasteiger partial charge in [0, 0.05) is 31.9 Å². The van der Waals surface area contributed by atoms with Crippen molar-refractivity contribution < 1.29 is 4.79 Å². The van der Waals surface area contributed by atoms with E-state index in [0.29, 0.717) is 18.3 Å². The summed E-state index contributed by atoms with van der Waals surface area (Å²) in [4.78, 5) is 34.3. The number of rotatable bonds is 5. The third-order valence-electron chi connectivity index (χ3n) is 4.79. The highest BCUT2D eigenvalue weighted by Crippen LogP contribution is 2.17. The molecule has 0 aliphatic carbocycles. The number of carbonyl (C=O) groups excluding carboxylic acids is 1. The molecule has 1 aliphatic heterocycles. The van der Waals surface area contributed by atoms with Crippen molar-refractivity contribution in [3.8, 4) is 0 Å². The number of hydrogen-bond acceptors (Lipinski definition) is 4. The van der Waals surface area contributed by atoms with Crippen LogP contribution in [0.4, 0.5) is 0 Å². The van der Waals surface area contributed by atoms with Gasteiger partial charge in [-0.25, -0.2) is 4.98 Å². The predicted molar refractivity (Wildman–Crippen MR) is 96.6 cm³/mol. The first kappa shape index (κ1) is 17.4. The number of piperidine rings is 1. The Morgan fingerprint density at radius 3 is 2.88 bits per heavy atom. The Morgan fingerprint density at radius 2 is 2.16 bits per heavy atom. The SMILES string of the molecule is CN(CCc1ccccc1)C1CCCN(C(=O)c2c[nH]c(=O)cn2)C1. The van der Waals surface area contributed by atoms with E-state index in [4.69, 9.17) is 0 Å². The zero-order valence-corrected chi connectivity index (χ0v) is 14.5. The second kappa shape index (κ2) is 8.07. The maximum atomic E-state index is 12.6. The van der Waals surface area contributed by atoms with Crippen LogP contribution in [0.3, 0.4) is 0 Å². The van der Waals surface area contributed by atoms with Crippen LogP contribution < -0.4 is 5.56 Å². The molecule has 1 saturated heterocycles. The van der Waals surface area contributed by atoms with E-state index < -0.39 is 0 Å². The molecule has 1 aromatic heterocycles. The number of likely N-dealkylation sites (N-methyl/N-ethyl adjacent to an activating group) is 1. The number of amides is 1. The summed E-state index contributed by atoms with van der Waals surface area (Å²) in [6.45, 7) is 2.40. The minimum Gasteiger partial charge on any atom is -0.336 e. The summed E-state index contributed by atoms with van der Waals surface area (Å²) in [6, 6.07) is 10.8. The monoisotopic (exact) mass is 340 g/mol. The highest BCUT2D eigenvalue weighted by Gasteiger charge is 2.27. The van der Waals surface area contributed by atoms with Gasteiger partial charge >= 0.3 is 0 Å². The minimum atomic E-state index is -0.297. The maximum absolute atomic E-state index is 12.6. The van der Waals surface area contributed by atoms with Crippen molar-refractivity contribution in [3.05, 3.63) is 64.3 Å². The van der Waals surface area contributed by atoms with E-state index in [9.17, 15) is 9.59 Å². The Balaban J connectivity index is 1.57. The summed E-state index contributed by atoms with van der Waals surface area (Å²) in [5.41, 5.74) is 1.33. The summed E-state index contributed by atoms with van der Waals surface area (Å²) < 4.78 is 0. The average molecular weight is 340 g/mol. The summed E-state index contributed by atoms with van der Waals surface area (Å²) in [6.07, 6.45) is 5.63. The van der Waals surface area contributed by atoms with E-state index in [0.717, 1.165) is 38.5 Å². The molecule has 2 heterocycles. The van der Waals surface area contributed by atoms with Crippen LogP contribution >= 0.6 is 0 Å². The van der Waals surface area contributed by atoms with Crippen LogP contribution in [0.25, 0.3) is 0 Å². The van der Waals surface area contributed by atoms with E-state index in [2.05, 4.69) is 46.2 Å². The van der Waals surface area contributed by atoms with Crippen molar-refractivity contribution in [2.75, 3.05) is 26.7 Å². The molecule has 1 aromatic carbocycles. The molecule has 1 atom stereocenters. The van der Waals surface area contributed by atoms with Gasteiger partial charge in [0.1, 0.15) is 5.69 Å². The molecule has 6 heteroatoms. The molecule has 6 nitrogen and oxygen atoms in total. The Bertz CT molecular complexity index is 739. The molecule has 3 rings (SSSR count). The summed E-state index contributed by atoms with van der Waals surface area (Å²) in [5, 5.41) is 0. The molecule has 0 saturated carbocycles. The highest BCUT2D eigenvalue weighted by molar-refractivity contribution is 5.92. The zero-order chi connectivity index (χ0) is 17.6. The quantitative estimate of drug-likeness (QED) is 0.897. The molecule has 1 unspecified atom stereocenters. The molecule has 1 amide bonds. The lowest BCUT2D eigenvalue weighted by atomic mass is 10.0. The lowest BCUT2D eigenvalue weighted by molar-refractivity contribution is 0.0605. The van der Waals surface area contributed by atoms with Crippen LogP contribution in [-0.4, -0.2) is 58.4 Å². The van der Waals surface area contributed by atoms with Crippen molar-refractivity contribution in [1.82, 2.24) is 19.8 Å². The van der Waals surface area contributed by atoms with Crippen LogP contribution in [-0.2, 0) is 6.42 Å². The highest BCUT2D eigenvalue weighted by atomic mass is 16.2. The fourth-order valence-corrected chi connectivity index (χ4v) is 3.25. The van der Waals surface area contributed by atoms with Crippen LogP contribution in [0, 0.1) is 0 Å². The van der Waals surface area contributed by atoms with Crippen molar-refractivity contribution in [2.45, 2.75) is 25.3 Å². The number of hydrogen-bond donors (Lipinski definition) is 1. The van der Waals surface area contributed by atoms with Crippen molar-refractivity contribution in [1.29, 1.82) is 0 Å². The van der Waals surface area contributed by atoms with Crippen LogP contribution in [0.15, 0.2) is 47.5 Å². The first-order valence-electron chi connectivity index (χ1n) is 8.71. The average Bonchev–Trinajstić information content (AvgIpc) is 2.67. The fourth-order valence-electron chi connectivity index (χ4n) is 3.25. The van der Waals surface area contributed by atoms with E-state index in [1.807, 2.05) is 11.0 Å². The minimum absolute atomic E-state index is 0.114. The molecule has 0 spiro atoms. The number of aromatic nitrogens is 2. The first-order valence-corrected chi connectivity index (χ1v) is 8.71. The summed E-state index contributed by atoms with van der Waals surface area (Å²) in [5.74, 6) is -0.114. The third-order valence-corrected chi connectivity index (χ3v) is 4.79. The van der Waals surface area contributed by atoms with E-state index in [1.54, 1.807) is 0 Å². The van der Waals surface area contributed by atoms with Crippen molar-refractivity contribution in [2.24, 2.45) is 0 Å². The Labute approximate surface area is 147 Å². The topological polar surface area (TPSA) is 69.3 Å². The van der Waals surface area contributed by atoms with Gasteiger partial charge in [-0.1, -0.05) is 30.3 Å².